The number of hydrogen-bond acceptors (Lipinski definition) is 3. The Hall–Kier alpha value is -1.91. The SMILES string of the molecule is Cc1cncc(C(=O)N2CCC(C)(C(=O)O)CC2)c1. The summed E-state index contributed by atoms with van der Waals surface area (Å²) >= 11 is 0. The molecule has 1 N–H and O–H groups in total. The van der Waals surface area contributed by atoms with Crippen molar-refractivity contribution in [3.63, 3.8) is 0 Å². The Morgan fingerprint density at radius 1 is 1.32 bits per heavy atom. The van der Waals surface area contributed by atoms with Crippen LogP contribution >= 0.6 is 0 Å². The summed E-state index contributed by atoms with van der Waals surface area (Å²) < 4.78 is 0. The molecule has 2 rings (SSSR count). The largest absolute Gasteiger partial charge is 0.481 e. The van der Waals surface area contributed by atoms with Crippen LogP contribution in [-0.2, 0) is 4.79 Å². The average Bonchev–Trinajstić information content (AvgIpc) is 2.38. The van der Waals surface area contributed by atoms with Gasteiger partial charge in [-0.05, 0) is 38.3 Å². The summed E-state index contributed by atoms with van der Waals surface area (Å²) in [7, 11) is 0. The summed E-state index contributed by atoms with van der Waals surface area (Å²) in [4.78, 5) is 29.1. The van der Waals surface area contributed by atoms with Gasteiger partial charge < -0.3 is 10.0 Å². The van der Waals surface area contributed by atoms with Crippen molar-refractivity contribution in [1.29, 1.82) is 0 Å². The normalized spacial score (nSPS) is 18.1. The summed E-state index contributed by atoms with van der Waals surface area (Å²) in [5.74, 6) is -0.847. The molecule has 5 heteroatoms. The predicted octanol–water partition coefficient (Wildman–Crippen LogP) is 1.72. The highest BCUT2D eigenvalue weighted by Gasteiger charge is 2.38. The van der Waals surface area contributed by atoms with Gasteiger partial charge in [0, 0.05) is 25.5 Å². The van der Waals surface area contributed by atoms with E-state index < -0.39 is 11.4 Å². The first-order valence-electron chi connectivity index (χ1n) is 6.37. The molecule has 0 unspecified atom stereocenters. The van der Waals surface area contributed by atoms with Gasteiger partial charge in [-0.3, -0.25) is 14.6 Å². The topological polar surface area (TPSA) is 70.5 Å². The minimum Gasteiger partial charge on any atom is -0.481 e. The number of carboxylic acids is 1. The Balaban J connectivity index is 2.06. The highest BCUT2D eigenvalue weighted by Crippen LogP contribution is 2.31. The quantitative estimate of drug-likeness (QED) is 0.881. The van der Waals surface area contributed by atoms with Crippen LogP contribution in [0.4, 0.5) is 0 Å². The number of piperidine rings is 1. The fourth-order valence-electron chi connectivity index (χ4n) is 2.27. The smallest absolute Gasteiger partial charge is 0.309 e. The Bertz CT molecular complexity index is 505. The predicted molar refractivity (Wildman–Crippen MR) is 69.9 cm³/mol. The van der Waals surface area contributed by atoms with Gasteiger partial charge in [-0.1, -0.05) is 0 Å². The lowest BCUT2D eigenvalue weighted by molar-refractivity contribution is -0.150. The van der Waals surface area contributed by atoms with Crippen LogP contribution in [0.1, 0.15) is 35.7 Å². The molecule has 102 valence electrons. The standard InChI is InChI=1S/C14H18N2O3/c1-10-7-11(9-15-8-10)12(17)16-5-3-14(2,4-6-16)13(18)19/h7-9H,3-6H2,1-2H3,(H,18,19). The Morgan fingerprint density at radius 3 is 2.47 bits per heavy atom. The number of aromatic nitrogens is 1. The first kappa shape index (κ1) is 13.5. The van der Waals surface area contributed by atoms with Gasteiger partial charge in [0.15, 0.2) is 0 Å². The van der Waals surface area contributed by atoms with E-state index in [4.69, 9.17) is 5.11 Å². The second kappa shape index (κ2) is 4.99. The van der Waals surface area contributed by atoms with Crippen molar-refractivity contribution >= 4 is 11.9 Å². The Kier molecular flexibility index (Phi) is 3.55. The van der Waals surface area contributed by atoms with Gasteiger partial charge >= 0.3 is 5.97 Å². The number of likely N-dealkylation sites (tertiary alicyclic amines) is 1. The number of carboxylic acid groups (broad SMARTS) is 1. The van der Waals surface area contributed by atoms with Gasteiger partial charge in [0.1, 0.15) is 0 Å². The minimum absolute atomic E-state index is 0.0661. The number of carbonyl (C=O) groups is 2. The molecule has 1 aromatic rings. The summed E-state index contributed by atoms with van der Waals surface area (Å²) in [6.45, 7) is 4.60. The molecule has 1 saturated heterocycles. The van der Waals surface area contributed by atoms with Gasteiger partial charge in [-0.25, -0.2) is 0 Å². The summed E-state index contributed by atoms with van der Waals surface area (Å²) in [5, 5.41) is 9.16. The number of rotatable bonds is 2. The zero-order chi connectivity index (χ0) is 14.0. The lowest BCUT2D eigenvalue weighted by Crippen LogP contribution is -2.45. The van der Waals surface area contributed by atoms with Crippen LogP contribution in [0.3, 0.4) is 0 Å². The molecule has 0 saturated carbocycles. The maximum absolute atomic E-state index is 12.3. The second-order valence-electron chi connectivity index (χ2n) is 5.41. The fraction of sp³-hybridized carbons (Fsp3) is 0.500. The monoisotopic (exact) mass is 262 g/mol. The van der Waals surface area contributed by atoms with Gasteiger partial charge in [-0.2, -0.15) is 0 Å². The molecule has 1 aliphatic heterocycles. The van der Waals surface area contributed by atoms with Crippen molar-refractivity contribution in [2.75, 3.05) is 13.1 Å². The maximum atomic E-state index is 12.3. The minimum atomic E-state index is -0.781. The number of aliphatic carboxylic acids is 1. The van der Waals surface area contributed by atoms with E-state index in [1.165, 1.54) is 0 Å². The van der Waals surface area contributed by atoms with Crippen LogP contribution in [0.15, 0.2) is 18.5 Å². The third-order valence-corrected chi connectivity index (χ3v) is 3.79. The molecule has 1 aromatic heterocycles. The molecular formula is C14H18N2O3. The van der Waals surface area contributed by atoms with Crippen molar-refractivity contribution in [1.82, 2.24) is 9.88 Å². The molecule has 0 aromatic carbocycles. The molecule has 1 aliphatic rings. The van der Waals surface area contributed by atoms with Gasteiger partial charge in [-0.15, -0.1) is 0 Å². The van der Waals surface area contributed by atoms with Crippen molar-refractivity contribution in [3.05, 3.63) is 29.6 Å². The molecule has 1 fully saturated rings. The molecule has 0 aliphatic carbocycles. The molecule has 1 amide bonds. The summed E-state index contributed by atoms with van der Waals surface area (Å²) in [5.41, 5.74) is 0.805. The average molecular weight is 262 g/mol. The molecule has 0 radical (unpaired) electrons. The third-order valence-electron chi connectivity index (χ3n) is 3.79. The summed E-state index contributed by atoms with van der Waals surface area (Å²) in [6, 6.07) is 1.81. The van der Waals surface area contributed by atoms with Crippen LogP contribution in [0.2, 0.25) is 0 Å². The Labute approximate surface area is 112 Å². The van der Waals surface area contributed by atoms with E-state index in [9.17, 15) is 9.59 Å². The Morgan fingerprint density at radius 2 is 1.95 bits per heavy atom. The van der Waals surface area contributed by atoms with Crippen molar-refractivity contribution in [3.8, 4) is 0 Å². The van der Waals surface area contributed by atoms with Crippen LogP contribution in [-0.4, -0.2) is 40.0 Å². The molecule has 0 spiro atoms. The number of pyridine rings is 1. The maximum Gasteiger partial charge on any atom is 0.309 e. The number of aryl methyl sites for hydroxylation is 1. The molecule has 5 nitrogen and oxygen atoms in total. The second-order valence-corrected chi connectivity index (χ2v) is 5.41. The van der Waals surface area contributed by atoms with E-state index in [2.05, 4.69) is 4.98 Å². The summed E-state index contributed by atoms with van der Waals surface area (Å²) in [6.07, 6.45) is 4.25. The highest BCUT2D eigenvalue weighted by molar-refractivity contribution is 5.94. The number of amides is 1. The first-order valence-corrected chi connectivity index (χ1v) is 6.37. The number of carbonyl (C=O) groups excluding carboxylic acids is 1. The molecule has 2 heterocycles. The lowest BCUT2D eigenvalue weighted by atomic mass is 9.80. The zero-order valence-corrected chi connectivity index (χ0v) is 11.2. The highest BCUT2D eigenvalue weighted by atomic mass is 16.4. The number of nitrogens with zero attached hydrogens (tertiary/aromatic N) is 2. The lowest BCUT2D eigenvalue weighted by Gasteiger charge is -2.36. The van der Waals surface area contributed by atoms with Crippen molar-refractivity contribution in [2.45, 2.75) is 26.7 Å². The van der Waals surface area contributed by atoms with E-state index in [1.54, 1.807) is 30.3 Å². The van der Waals surface area contributed by atoms with E-state index in [0.29, 0.717) is 31.5 Å². The van der Waals surface area contributed by atoms with Crippen molar-refractivity contribution in [2.24, 2.45) is 5.41 Å². The molecule has 0 atom stereocenters. The zero-order valence-electron chi connectivity index (χ0n) is 11.2. The third kappa shape index (κ3) is 2.75. The van der Waals surface area contributed by atoms with Crippen LogP contribution in [0.5, 0.6) is 0 Å². The molecule has 0 bridgehead atoms. The molecule has 19 heavy (non-hydrogen) atoms. The van der Waals surface area contributed by atoms with Gasteiger partial charge in [0.05, 0.1) is 11.0 Å². The van der Waals surface area contributed by atoms with E-state index >= 15 is 0 Å². The molecular weight excluding hydrogens is 244 g/mol. The van der Waals surface area contributed by atoms with Crippen LogP contribution in [0.25, 0.3) is 0 Å². The van der Waals surface area contributed by atoms with Gasteiger partial charge in [0.2, 0.25) is 0 Å². The number of hydrogen-bond donors (Lipinski definition) is 1. The first-order chi connectivity index (χ1) is 8.92. The van der Waals surface area contributed by atoms with E-state index in [0.717, 1.165) is 5.56 Å². The van der Waals surface area contributed by atoms with E-state index in [-0.39, 0.29) is 5.91 Å². The van der Waals surface area contributed by atoms with Crippen LogP contribution in [0, 0.1) is 12.3 Å². The van der Waals surface area contributed by atoms with Crippen molar-refractivity contribution < 1.29 is 14.7 Å². The van der Waals surface area contributed by atoms with Crippen LogP contribution < -0.4 is 0 Å². The fourth-order valence-corrected chi connectivity index (χ4v) is 2.27. The van der Waals surface area contributed by atoms with E-state index in [1.807, 2.05) is 6.92 Å². The van der Waals surface area contributed by atoms with Gasteiger partial charge in [0.25, 0.3) is 5.91 Å².